The number of amides is 1. The maximum absolute atomic E-state index is 12.5. The van der Waals surface area contributed by atoms with E-state index in [1.165, 1.54) is 24.9 Å². The summed E-state index contributed by atoms with van der Waals surface area (Å²) < 4.78 is 0. The van der Waals surface area contributed by atoms with Gasteiger partial charge in [0.2, 0.25) is 0 Å². The number of nitrogens with zero attached hydrogens (tertiary/aromatic N) is 3. The molecule has 6 heteroatoms. The molecule has 0 radical (unpaired) electrons. The molecule has 1 aromatic heterocycles. The van der Waals surface area contributed by atoms with E-state index in [0.29, 0.717) is 17.4 Å². The quantitative estimate of drug-likeness (QED) is 0.743. The molecule has 3 rings (SSSR count). The number of hydrogen-bond donors (Lipinski definition) is 2. The van der Waals surface area contributed by atoms with Crippen LogP contribution in [0.2, 0.25) is 0 Å². The minimum absolute atomic E-state index is 0.228. The lowest BCUT2D eigenvalue weighted by Gasteiger charge is -2.32. The monoisotopic (exact) mass is 381 g/mol. The van der Waals surface area contributed by atoms with Gasteiger partial charge in [0.05, 0.1) is 0 Å². The summed E-state index contributed by atoms with van der Waals surface area (Å²) in [6, 6.07) is 9.75. The average molecular weight is 382 g/mol. The molecule has 0 bridgehead atoms. The van der Waals surface area contributed by atoms with Crippen molar-refractivity contribution in [2.45, 2.75) is 40.0 Å². The number of hydrogen-bond acceptors (Lipinski definition) is 5. The van der Waals surface area contributed by atoms with E-state index in [2.05, 4.69) is 58.4 Å². The predicted octanol–water partition coefficient (Wildman–Crippen LogP) is 4.42. The molecule has 1 aromatic carbocycles. The molecule has 2 aromatic rings. The van der Waals surface area contributed by atoms with Gasteiger partial charge in [0, 0.05) is 37.1 Å². The third-order valence-electron chi connectivity index (χ3n) is 5.20. The van der Waals surface area contributed by atoms with E-state index in [4.69, 9.17) is 0 Å². The molecular formula is C22H31N5O. The van der Waals surface area contributed by atoms with Crippen molar-refractivity contribution in [2.75, 3.05) is 35.2 Å². The Labute approximate surface area is 167 Å². The molecule has 1 fully saturated rings. The molecule has 28 heavy (non-hydrogen) atoms. The topological polar surface area (TPSA) is 70.2 Å². The fourth-order valence-electron chi connectivity index (χ4n) is 3.28. The van der Waals surface area contributed by atoms with Crippen LogP contribution in [-0.4, -0.2) is 35.5 Å². The van der Waals surface area contributed by atoms with Crippen LogP contribution in [0.5, 0.6) is 0 Å². The summed E-state index contributed by atoms with van der Waals surface area (Å²) in [7, 11) is 0. The summed E-state index contributed by atoms with van der Waals surface area (Å²) in [5.41, 5.74) is 2.34. The van der Waals surface area contributed by atoms with E-state index in [1.54, 1.807) is 6.07 Å². The van der Waals surface area contributed by atoms with Crippen molar-refractivity contribution in [1.82, 2.24) is 9.97 Å². The first-order valence-corrected chi connectivity index (χ1v) is 10.2. The summed E-state index contributed by atoms with van der Waals surface area (Å²) in [5, 5.41) is 6.17. The largest absolute Gasteiger partial charge is 0.372 e. The van der Waals surface area contributed by atoms with Crippen LogP contribution in [0.3, 0.4) is 0 Å². The summed E-state index contributed by atoms with van der Waals surface area (Å²) in [5.74, 6) is 1.88. The number of nitrogens with one attached hydrogen (secondary N) is 2. The first-order chi connectivity index (χ1) is 13.5. The Kier molecular flexibility index (Phi) is 6.85. The summed E-state index contributed by atoms with van der Waals surface area (Å²) in [4.78, 5) is 23.2. The minimum Gasteiger partial charge on any atom is -0.372 e. The van der Waals surface area contributed by atoms with Crippen LogP contribution in [-0.2, 0) is 0 Å². The Bertz CT molecular complexity index is 767. The van der Waals surface area contributed by atoms with Crippen LogP contribution in [0.15, 0.2) is 36.7 Å². The maximum Gasteiger partial charge on any atom is 0.274 e. The van der Waals surface area contributed by atoms with Crippen molar-refractivity contribution >= 4 is 23.1 Å². The Morgan fingerprint density at radius 3 is 2.57 bits per heavy atom. The molecule has 150 valence electrons. The second kappa shape index (κ2) is 9.53. The molecule has 2 heterocycles. The van der Waals surface area contributed by atoms with Gasteiger partial charge in [0.15, 0.2) is 0 Å². The molecule has 0 saturated carbocycles. The first kappa shape index (κ1) is 20.1. The zero-order chi connectivity index (χ0) is 19.9. The molecule has 0 aliphatic carbocycles. The molecule has 1 amide bonds. The molecule has 6 nitrogen and oxygen atoms in total. The van der Waals surface area contributed by atoms with Gasteiger partial charge >= 0.3 is 0 Å². The SMILES string of the molecule is CC(C)CCNc1cc(C(=O)Nc2ccc(N3CCC(C)CC3)cc2)ncn1. The van der Waals surface area contributed by atoms with Crippen LogP contribution in [0.4, 0.5) is 17.2 Å². The molecule has 1 saturated heterocycles. The Morgan fingerprint density at radius 1 is 1.18 bits per heavy atom. The lowest BCUT2D eigenvalue weighted by Crippen LogP contribution is -2.32. The van der Waals surface area contributed by atoms with Crippen molar-refractivity contribution in [2.24, 2.45) is 11.8 Å². The predicted molar refractivity (Wildman–Crippen MR) is 115 cm³/mol. The van der Waals surface area contributed by atoms with Crippen LogP contribution in [0.25, 0.3) is 0 Å². The van der Waals surface area contributed by atoms with Crippen molar-refractivity contribution < 1.29 is 4.79 Å². The summed E-state index contributed by atoms with van der Waals surface area (Å²) in [6.07, 6.45) is 4.94. The van der Waals surface area contributed by atoms with Gasteiger partial charge in [-0.05, 0) is 55.4 Å². The van der Waals surface area contributed by atoms with E-state index in [-0.39, 0.29) is 5.91 Å². The molecule has 0 spiro atoms. The second-order valence-electron chi connectivity index (χ2n) is 8.07. The first-order valence-electron chi connectivity index (χ1n) is 10.2. The van der Waals surface area contributed by atoms with Gasteiger partial charge in [0.25, 0.3) is 5.91 Å². The van der Waals surface area contributed by atoms with Gasteiger partial charge in [-0.25, -0.2) is 9.97 Å². The number of carbonyl (C=O) groups excluding carboxylic acids is 1. The molecule has 0 atom stereocenters. The van der Waals surface area contributed by atoms with Crippen molar-refractivity contribution in [1.29, 1.82) is 0 Å². The Morgan fingerprint density at radius 2 is 1.89 bits per heavy atom. The van der Waals surface area contributed by atoms with Crippen molar-refractivity contribution in [3.05, 3.63) is 42.4 Å². The van der Waals surface area contributed by atoms with Crippen LogP contribution >= 0.6 is 0 Å². The molecule has 0 unspecified atom stereocenters. The standard InChI is InChI=1S/C22H31N5O/c1-16(2)8-11-23-21-14-20(24-15-25-21)22(28)26-18-4-6-19(7-5-18)27-12-9-17(3)10-13-27/h4-7,14-17H,8-13H2,1-3H3,(H,26,28)(H,23,24,25). The van der Waals surface area contributed by atoms with Gasteiger partial charge < -0.3 is 15.5 Å². The third kappa shape index (κ3) is 5.68. The zero-order valence-corrected chi connectivity index (χ0v) is 17.1. The van der Waals surface area contributed by atoms with Gasteiger partial charge in [-0.1, -0.05) is 20.8 Å². The normalized spacial score (nSPS) is 14.9. The summed E-state index contributed by atoms with van der Waals surface area (Å²) >= 11 is 0. The highest BCUT2D eigenvalue weighted by Gasteiger charge is 2.16. The van der Waals surface area contributed by atoms with Gasteiger partial charge in [-0.15, -0.1) is 0 Å². The van der Waals surface area contributed by atoms with Gasteiger partial charge in [-0.3, -0.25) is 4.79 Å². The average Bonchev–Trinajstić information content (AvgIpc) is 2.69. The van der Waals surface area contributed by atoms with E-state index < -0.39 is 0 Å². The van der Waals surface area contributed by atoms with Crippen LogP contribution in [0.1, 0.15) is 50.5 Å². The van der Waals surface area contributed by atoms with E-state index >= 15 is 0 Å². The third-order valence-corrected chi connectivity index (χ3v) is 5.20. The number of benzene rings is 1. The van der Waals surface area contributed by atoms with Gasteiger partial charge in [0.1, 0.15) is 17.8 Å². The minimum atomic E-state index is -0.228. The number of anilines is 3. The fraction of sp³-hybridized carbons (Fsp3) is 0.500. The number of carbonyl (C=O) groups is 1. The molecular weight excluding hydrogens is 350 g/mol. The Hall–Kier alpha value is -2.63. The van der Waals surface area contributed by atoms with Crippen molar-refractivity contribution in [3.63, 3.8) is 0 Å². The second-order valence-corrected chi connectivity index (χ2v) is 8.07. The highest BCUT2D eigenvalue weighted by molar-refractivity contribution is 6.03. The van der Waals surface area contributed by atoms with E-state index in [1.807, 2.05) is 12.1 Å². The number of piperidine rings is 1. The van der Waals surface area contributed by atoms with Gasteiger partial charge in [-0.2, -0.15) is 0 Å². The van der Waals surface area contributed by atoms with Crippen molar-refractivity contribution in [3.8, 4) is 0 Å². The van der Waals surface area contributed by atoms with Crippen LogP contribution < -0.4 is 15.5 Å². The molecule has 1 aliphatic heterocycles. The highest BCUT2D eigenvalue weighted by atomic mass is 16.1. The maximum atomic E-state index is 12.5. The van der Waals surface area contributed by atoms with E-state index in [9.17, 15) is 4.79 Å². The number of rotatable bonds is 7. The summed E-state index contributed by atoms with van der Waals surface area (Å²) in [6.45, 7) is 9.69. The smallest absolute Gasteiger partial charge is 0.274 e. The fourth-order valence-corrected chi connectivity index (χ4v) is 3.28. The Balaban J connectivity index is 1.57. The zero-order valence-electron chi connectivity index (χ0n) is 17.1. The number of aromatic nitrogens is 2. The molecule has 2 N–H and O–H groups in total. The highest BCUT2D eigenvalue weighted by Crippen LogP contribution is 2.24. The lowest BCUT2D eigenvalue weighted by molar-refractivity contribution is 0.102. The van der Waals surface area contributed by atoms with E-state index in [0.717, 1.165) is 37.7 Å². The molecule has 1 aliphatic rings. The lowest BCUT2D eigenvalue weighted by atomic mass is 9.99. The van der Waals surface area contributed by atoms with Crippen LogP contribution in [0, 0.1) is 11.8 Å².